The number of hydrogen-bond donors (Lipinski definition) is 2. The van der Waals surface area contributed by atoms with Gasteiger partial charge in [-0.05, 0) is 61.4 Å². The Labute approximate surface area is 184 Å². The number of rotatable bonds is 3. The van der Waals surface area contributed by atoms with Crippen LogP contribution in [0.4, 0.5) is 4.79 Å². The molecule has 0 unspecified atom stereocenters. The molecule has 6 nitrogen and oxygen atoms in total. The number of amides is 2. The summed E-state index contributed by atoms with van der Waals surface area (Å²) in [5.74, 6) is 0.232. The zero-order valence-corrected chi connectivity index (χ0v) is 18.2. The summed E-state index contributed by atoms with van der Waals surface area (Å²) in [5, 5.41) is 13.4. The average Bonchev–Trinajstić information content (AvgIpc) is 3.39. The largest absolute Gasteiger partial charge is 0.465 e. The lowest BCUT2D eigenvalue weighted by Gasteiger charge is -2.28. The first-order valence-electron chi connectivity index (χ1n) is 10.8. The summed E-state index contributed by atoms with van der Waals surface area (Å²) in [6.45, 7) is 3.09. The van der Waals surface area contributed by atoms with Gasteiger partial charge in [-0.15, -0.1) is 11.3 Å². The molecule has 0 spiro atoms. The zero-order valence-electron chi connectivity index (χ0n) is 17.4. The Balaban J connectivity index is 1.35. The summed E-state index contributed by atoms with van der Waals surface area (Å²) in [4.78, 5) is 30.5. The van der Waals surface area contributed by atoms with Crippen LogP contribution in [0.1, 0.15) is 63.3 Å². The normalized spacial score (nSPS) is 18.9. The van der Waals surface area contributed by atoms with Gasteiger partial charge in [0.1, 0.15) is 0 Å². The molecule has 5 rings (SSSR count). The predicted molar refractivity (Wildman–Crippen MR) is 121 cm³/mol. The molecule has 1 saturated heterocycles. The summed E-state index contributed by atoms with van der Waals surface area (Å²) >= 11 is 1.63. The molecule has 1 fully saturated rings. The second-order valence-electron chi connectivity index (χ2n) is 8.50. The van der Waals surface area contributed by atoms with Gasteiger partial charge in [0.15, 0.2) is 0 Å². The molecule has 2 N–H and O–H groups in total. The molecule has 2 aliphatic rings. The zero-order chi connectivity index (χ0) is 21.5. The van der Waals surface area contributed by atoms with E-state index in [1.54, 1.807) is 11.3 Å². The maximum Gasteiger partial charge on any atom is 0.407 e. The van der Waals surface area contributed by atoms with E-state index in [9.17, 15) is 9.59 Å². The van der Waals surface area contributed by atoms with Gasteiger partial charge in [0.2, 0.25) is 0 Å². The third kappa shape index (κ3) is 3.78. The molecule has 2 amide bonds. The van der Waals surface area contributed by atoms with Gasteiger partial charge in [-0.3, -0.25) is 4.79 Å². The molecule has 160 valence electrons. The number of thiazole rings is 1. The number of carbonyl (C=O) groups is 2. The Bertz CT molecular complexity index is 1160. The minimum Gasteiger partial charge on any atom is -0.465 e. The second kappa shape index (κ2) is 7.96. The van der Waals surface area contributed by atoms with Crippen LogP contribution < -0.4 is 5.32 Å². The Kier molecular flexibility index (Phi) is 5.14. The molecule has 1 atom stereocenters. The predicted octanol–water partition coefficient (Wildman–Crippen LogP) is 4.88. The summed E-state index contributed by atoms with van der Waals surface area (Å²) in [7, 11) is 0. The second-order valence-corrected chi connectivity index (χ2v) is 9.56. The first kappa shape index (κ1) is 20.0. The third-order valence-corrected chi connectivity index (χ3v) is 7.68. The standard InChI is InChI=1S/C24H25N3O3S/c1-14-12-17(22(28)25-19-7-6-15-4-2-3-5-18(15)19)13-20-21(14)26-23(31-20)16-8-10-27(11-9-16)24(29)30/h2-5,12-13,16,19H,6-11H2,1H3,(H,25,28)(H,29,30)/t19-/m0/s1. The number of hydrogen-bond acceptors (Lipinski definition) is 4. The van der Waals surface area contributed by atoms with E-state index in [1.807, 2.05) is 31.2 Å². The molecule has 1 aliphatic heterocycles. The number of carbonyl (C=O) groups excluding carboxylic acids is 1. The lowest BCUT2D eigenvalue weighted by atomic mass is 9.98. The van der Waals surface area contributed by atoms with Crippen LogP contribution in [0, 0.1) is 6.92 Å². The SMILES string of the molecule is Cc1cc(C(=O)N[C@H]2CCc3ccccc32)cc2sc(C3CCN(C(=O)O)CC3)nc12. The summed E-state index contributed by atoms with van der Waals surface area (Å²) in [6, 6.07) is 12.3. The van der Waals surface area contributed by atoms with Gasteiger partial charge in [-0.25, -0.2) is 9.78 Å². The van der Waals surface area contributed by atoms with Crippen LogP contribution in [0.5, 0.6) is 0 Å². The van der Waals surface area contributed by atoms with E-state index in [2.05, 4.69) is 17.4 Å². The molecular formula is C24H25N3O3S. The summed E-state index contributed by atoms with van der Waals surface area (Å²) in [5.41, 5.74) is 5.16. The number of nitrogens with one attached hydrogen (secondary N) is 1. The van der Waals surface area contributed by atoms with Crippen LogP contribution in [-0.4, -0.2) is 40.1 Å². The number of aromatic nitrogens is 1. The van der Waals surface area contributed by atoms with E-state index < -0.39 is 6.09 Å². The third-order valence-electron chi connectivity index (χ3n) is 6.52. The fraction of sp³-hybridized carbons (Fsp3) is 0.375. The van der Waals surface area contributed by atoms with Crippen molar-refractivity contribution in [1.82, 2.24) is 15.2 Å². The van der Waals surface area contributed by atoms with Crippen LogP contribution in [0.15, 0.2) is 36.4 Å². The highest BCUT2D eigenvalue weighted by atomic mass is 32.1. The monoisotopic (exact) mass is 435 g/mol. The molecule has 3 aromatic rings. The Morgan fingerprint density at radius 3 is 2.71 bits per heavy atom. The highest BCUT2D eigenvalue weighted by Gasteiger charge is 2.27. The van der Waals surface area contributed by atoms with E-state index in [4.69, 9.17) is 10.1 Å². The summed E-state index contributed by atoms with van der Waals surface area (Å²) in [6.07, 6.45) is 2.67. The van der Waals surface area contributed by atoms with Crippen LogP contribution >= 0.6 is 11.3 Å². The molecule has 1 aromatic heterocycles. The number of aryl methyl sites for hydroxylation is 2. The van der Waals surface area contributed by atoms with E-state index in [1.165, 1.54) is 16.0 Å². The molecule has 0 bridgehead atoms. The molecule has 1 aliphatic carbocycles. The maximum absolute atomic E-state index is 13.0. The number of nitrogens with zero attached hydrogens (tertiary/aromatic N) is 2. The van der Waals surface area contributed by atoms with Gasteiger partial charge < -0.3 is 15.3 Å². The molecule has 2 aromatic carbocycles. The number of benzene rings is 2. The molecule has 2 heterocycles. The van der Waals surface area contributed by atoms with Gasteiger partial charge in [0, 0.05) is 24.6 Å². The van der Waals surface area contributed by atoms with Crippen LogP contribution in [0.2, 0.25) is 0 Å². The summed E-state index contributed by atoms with van der Waals surface area (Å²) < 4.78 is 1.02. The lowest BCUT2D eigenvalue weighted by Crippen LogP contribution is -2.36. The Hall–Kier alpha value is -2.93. The number of piperidine rings is 1. The van der Waals surface area contributed by atoms with Gasteiger partial charge in [0.05, 0.1) is 21.3 Å². The minimum absolute atomic E-state index is 0.0450. The van der Waals surface area contributed by atoms with E-state index in [-0.39, 0.29) is 17.9 Å². The van der Waals surface area contributed by atoms with Crippen LogP contribution in [0.3, 0.4) is 0 Å². The Morgan fingerprint density at radius 2 is 1.94 bits per heavy atom. The van der Waals surface area contributed by atoms with Crippen molar-refractivity contribution in [3.05, 3.63) is 63.7 Å². The fourth-order valence-electron chi connectivity index (χ4n) is 4.79. The van der Waals surface area contributed by atoms with Crippen LogP contribution in [-0.2, 0) is 6.42 Å². The Morgan fingerprint density at radius 1 is 1.16 bits per heavy atom. The van der Waals surface area contributed by atoms with Gasteiger partial charge in [-0.2, -0.15) is 0 Å². The van der Waals surface area contributed by atoms with Gasteiger partial charge in [0.25, 0.3) is 5.91 Å². The van der Waals surface area contributed by atoms with Crippen molar-refractivity contribution >= 4 is 33.6 Å². The fourth-order valence-corrected chi connectivity index (χ4v) is 6.04. The van der Waals surface area contributed by atoms with E-state index >= 15 is 0 Å². The first-order valence-corrected chi connectivity index (χ1v) is 11.6. The van der Waals surface area contributed by atoms with Crippen molar-refractivity contribution in [2.45, 2.75) is 44.6 Å². The van der Waals surface area contributed by atoms with Crippen molar-refractivity contribution in [2.24, 2.45) is 0 Å². The smallest absolute Gasteiger partial charge is 0.407 e. The topological polar surface area (TPSA) is 82.5 Å². The lowest BCUT2D eigenvalue weighted by molar-refractivity contribution is 0.0936. The highest BCUT2D eigenvalue weighted by Crippen LogP contribution is 2.36. The van der Waals surface area contributed by atoms with Crippen molar-refractivity contribution in [3.63, 3.8) is 0 Å². The number of fused-ring (bicyclic) bond motifs is 2. The molecule has 0 radical (unpaired) electrons. The van der Waals surface area contributed by atoms with Crippen molar-refractivity contribution < 1.29 is 14.7 Å². The number of carboxylic acid groups (broad SMARTS) is 1. The molecule has 7 heteroatoms. The van der Waals surface area contributed by atoms with E-state index in [0.717, 1.165) is 46.5 Å². The molecule has 0 saturated carbocycles. The minimum atomic E-state index is -0.848. The highest BCUT2D eigenvalue weighted by molar-refractivity contribution is 7.18. The van der Waals surface area contributed by atoms with Crippen molar-refractivity contribution in [2.75, 3.05) is 13.1 Å². The van der Waals surface area contributed by atoms with Crippen molar-refractivity contribution in [3.8, 4) is 0 Å². The molecular weight excluding hydrogens is 410 g/mol. The van der Waals surface area contributed by atoms with E-state index in [0.29, 0.717) is 18.7 Å². The first-order chi connectivity index (χ1) is 15.0. The van der Waals surface area contributed by atoms with Gasteiger partial charge in [-0.1, -0.05) is 24.3 Å². The maximum atomic E-state index is 13.0. The molecule has 31 heavy (non-hydrogen) atoms. The number of likely N-dealkylation sites (tertiary alicyclic amines) is 1. The van der Waals surface area contributed by atoms with Crippen molar-refractivity contribution in [1.29, 1.82) is 0 Å². The van der Waals surface area contributed by atoms with Crippen LogP contribution in [0.25, 0.3) is 10.2 Å². The van der Waals surface area contributed by atoms with Gasteiger partial charge >= 0.3 is 6.09 Å². The quantitative estimate of drug-likeness (QED) is 0.614. The average molecular weight is 436 g/mol.